The average molecular weight is 546 g/mol. The molecular weight excluding hydrogens is 517 g/mol. The van der Waals surface area contributed by atoms with E-state index in [-0.39, 0.29) is 53.8 Å². The highest BCUT2D eigenvalue weighted by atomic mass is 32.2. The number of hydrogen-bond donors (Lipinski definition) is 4. The molecule has 1 aliphatic rings. The van der Waals surface area contributed by atoms with E-state index in [2.05, 4.69) is 34.0 Å². The van der Waals surface area contributed by atoms with Crippen molar-refractivity contribution in [1.82, 2.24) is 20.3 Å². The van der Waals surface area contributed by atoms with E-state index in [4.69, 9.17) is 10.9 Å². The molecule has 2 unspecified atom stereocenters. The number of nitrogens with zero attached hydrogens (tertiary/aromatic N) is 2. The minimum atomic E-state index is -3.95. The molecule has 0 aliphatic heterocycles. The summed E-state index contributed by atoms with van der Waals surface area (Å²) >= 11 is 0. The summed E-state index contributed by atoms with van der Waals surface area (Å²) in [5, 5.41) is 11.7. The van der Waals surface area contributed by atoms with Crippen LogP contribution in [0.3, 0.4) is 0 Å². The second-order valence-corrected chi connectivity index (χ2v) is 11.7. The molecule has 0 radical (unpaired) electrons. The number of amides is 2. The highest BCUT2D eigenvalue weighted by Gasteiger charge is 2.43. The second-order valence-electron chi connectivity index (χ2n) is 9.28. The number of hydroxylamine groups is 1. The molecule has 0 spiro atoms. The molecule has 2 amide bonds. The van der Waals surface area contributed by atoms with E-state index < -0.39 is 31.9 Å². The standard InChI is InChI=1S/C25H28FN5O6S/c1-25(24(34)30-35,38(2,36)37)9-10-31-15-28-21-12-17(20(26)13-19(21)23(31)33)6-4-3-5-16-7-8-18(11-16)29-22(32)14-27/h12-13,15-16,18,35H,7-11,14,27H2,1-2H3,(H,29,32)(H,30,34)/t16?,18?,25-/m1/s1. The molecule has 2 aromatic rings. The Bertz CT molecular complexity index is 1550. The van der Waals surface area contributed by atoms with Crippen molar-refractivity contribution in [2.45, 2.75) is 49.9 Å². The first kappa shape index (κ1) is 28.8. The van der Waals surface area contributed by atoms with Crippen molar-refractivity contribution in [3.8, 4) is 23.7 Å². The topological polar surface area (TPSA) is 173 Å². The van der Waals surface area contributed by atoms with E-state index in [9.17, 15) is 27.2 Å². The van der Waals surface area contributed by atoms with Crippen molar-refractivity contribution in [1.29, 1.82) is 0 Å². The van der Waals surface area contributed by atoms with Gasteiger partial charge < -0.3 is 11.1 Å². The normalized spacial score (nSPS) is 18.4. The van der Waals surface area contributed by atoms with Crippen LogP contribution in [0.15, 0.2) is 23.3 Å². The van der Waals surface area contributed by atoms with E-state index in [0.717, 1.165) is 36.7 Å². The van der Waals surface area contributed by atoms with Crippen LogP contribution in [0, 0.1) is 35.4 Å². The fraction of sp³-hybridized carbons (Fsp3) is 0.440. The first-order valence-electron chi connectivity index (χ1n) is 11.7. The molecule has 1 fully saturated rings. The minimum Gasteiger partial charge on any atom is -0.352 e. The Balaban J connectivity index is 1.77. The summed E-state index contributed by atoms with van der Waals surface area (Å²) in [6, 6.07) is 2.34. The van der Waals surface area contributed by atoms with Gasteiger partial charge in [-0.25, -0.2) is 23.3 Å². The highest BCUT2D eigenvalue weighted by molar-refractivity contribution is 7.92. The molecule has 13 heteroatoms. The van der Waals surface area contributed by atoms with E-state index in [1.54, 1.807) is 0 Å². The summed E-state index contributed by atoms with van der Waals surface area (Å²) in [7, 11) is -3.95. The van der Waals surface area contributed by atoms with Gasteiger partial charge in [-0.05, 0) is 62.5 Å². The van der Waals surface area contributed by atoms with Gasteiger partial charge >= 0.3 is 0 Å². The number of hydrogen-bond acceptors (Lipinski definition) is 8. The quantitative estimate of drug-likeness (QED) is 0.211. The molecule has 1 saturated carbocycles. The minimum absolute atomic E-state index is 0.000209. The Morgan fingerprint density at radius 2 is 2.05 bits per heavy atom. The third-order valence-corrected chi connectivity index (χ3v) is 8.69. The number of nitrogens with two attached hydrogens (primary N) is 1. The van der Waals surface area contributed by atoms with E-state index in [1.165, 1.54) is 17.9 Å². The third kappa shape index (κ3) is 6.37. The van der Waals surface area contributed by atoms with Gasteiger partial charge in [-0.1, -0.05) is 5.92 Å². The lowest BCUT2D eigenvalue weighted by atomic mass is 10.1. The molecule has 5 N–H and O–H groups in total. The molecule has 3 atom stereocenters. The number of halogens is 1. The van der Waals surface area contributed by atoms with Crippen molar-refractivity contribution in [3.05, 3.63) is 40.2 Å². The van der Waals surface area contributed by atoms with Gasteiger partial charge in [0.05, 0.1) is 29.3 Å². The summed E-state index contributed by atoms with van der Waals surface area (Å²) in [4.78, 5) is 40.4. The number of fused-ring (bicyclic) bond motifs is 1. The average Bonchev–Trinajstić information content (AvgIpc) is 3.32. The molecular formula is C25H28FN5O6S. The molecule has 0 saturated heterocycles. The van der Waals surface area contributed by atoms with Gasteiger partial charge in [-0.2, -0.15) is 0 Å². The van der Waals surface area contributed by atoms with Gasteiger partial charge in [0.25, 0.3) is 11.5 Å². The summed E-state index contributed by atoms with van der Waals surface area (Å²) in [5.41, 5.74) is 6.19. The number of rotatable bonds is 7. The number of carbonyl (C=O) groups is 2. The first-order chi connectivity index (χ1) is 17.9. The molecule has 3 rings (SSSR count). The number of benzene rings is 1. The zero-order chi connectivity index (χ0) is 28.1. The maximum absolute atomic E-state index is 14.7. The van der Waals surface area contributed by atoms with Crippen LogP contribution in [-0.4, -0.2) is 58.6 Å². The Kier molecular flexibility index (Phi) is 8.89. The molecule has 202 valence electrons. The predicted molar refractivity (Wildman–Crippen MR) is 137 cm³/mol. The zero-order valence-electron chi connectivity index (χ0n) is 20.9. The second kappa shape index (κ2) is 11.7. The van der Waals surface area contributed by atoms with Gasteiger partial charge in [0, 0.05) is 24.8 Å². The van der Waals surface area contributed by atoms with Gasteiger partial charge in [-0.3, -0.25) is 24.2 Å². The Morgan fingerprint density at radius 1 is 1.32 bits per heavy atom. The summed E-state index contributed by atoms with van der Waals surface area (Å²) in [6.07, 6.45) is 3.96. The number of aromatic nitrogens is 2. The van der Waals surface area contributed by atoms with Gasteiger partial charge in [-0.15, -0.1) is 0 Å². The van der Waals surface area contributed by atoms with Crippen molar-refractivity contribution < 1.29 is 27.6 Å². The molecule has 38 heavy (non-hydrogen) atoms. The zero-order valence-corrected chi connectivity index (χ0v) is 21.7. The first-order valence-corrected chi connectivity index (χ1v) is 13.6. The van der Waals surface area contributed by atoms with Crippen molar-refractivity contribution in [3.63, 3.8) is 0 Å². The monoisotopic (exact) mass is 545 g/mol. The van der Waals surface area contributed by atoms with Crippen LogP contribution in [0.5, 0.6) is 0 Å². The third-order valence-electron chi connectivity index (χ3n) is 6.66. The number of carbonyl (C=O) groups excluding carboxylic acids is 2. The van der Waals surface area contributed by atoms with Crippen LogP contribution in [0.1, 0.15) is 38.2 Å². The van der Waals surface area contributed by atoms with E-state index >= 15 is 0 Å². The fourth-order valence-electron chi connectivity index (χ4n) is 4.12. The van der Waals surface area contributed by atoms with Crippen molar-refractivity contribution in [2.24, 2.45) is 11.7 Å². The van der Waals surface area contributed by atoms with Gasteiger partial charge in [0.15, 0.2) is 14.6 Å². The molecule has 0 bridgehead atoms. The molecule has 11 nitrogen and oxygen atoms in total. The van der Waals surface area contributed by atoms with Crippen LogP contribution < -0.4 is 22.1 Å². The maximum Gasteiger partial charge on any atom is 0.264 e. The molecule has 1 aromatic carbocycles. The van der Waals surface area contributed by atoms with Crippen molar-refractivity contribution in [2.75, 3.05) is 12.8 Å². The van der Waals surface area contributed by atoms with E-state index in [0.29, 0.717) is 6.42 Å². The SMILES string of the molecule is C[C@@](CCn1cnc2cc(C#CC#CC3CCC(NC(=O)CN)C3)c(F)cc2c1=O)(C(=O)NO)S(C)(=O)=O. The van der Waals surface area contributed by atoms with Crippen LogP contribution in [0.25, 0.3) is 10.9 Å². The highest BCUT2D eigenvalue weighted by Crippen LogP contribution is 2.25. The van der Waals surface area contributed by atoms with Crippen LogP contribution >= 0.6 is 0 Å². The lowest BCUT2D eigenvalue weighted by Crippen LogP contribution is -2.50. The Morgan fingerprint density at radius 3 is 2.71 bits per heavy atom. The van der Waals surface area contributed by atoms with E-state index in [1.807, 2.05) is 0 Å². The van der Waals surface area contributed by atoms with Crippen molar-refractivity contribution >= 4 is 32.6 Å². The van der Waals surface area contributed by atoms with Crippen LogP contribution in [-0.2, 0) is 26.0 Å². The largest absolute Gasteiger partial charge is 0.352 e. The molecule has 1 aliphatic carbocycles. The predicted octanol–water partition coefficient (Wildman–Crippen LogP) is -0.167. The molecule has 1 heterocycles. The van der Waals surface area contributed by atoms with Crippen LogP contribution in [0.4, 0.5) is 4.39 Å². The lowest BCUT2D eigenvalue weighted by molar-refractivity contribution is -0.131. The number of aryl methyl sites for hydroxylation is 1. The summed E-state index contributed by atoms with van der Waals surface area (Å²) < 4.78 is 38.0. The van der Waals surface area contributed by atoms with Crippen LogP contribution in [0.2, 0.25) is 0 Å². The number of nitrogens with one attached hydrogen (secondary N) is 2. The summed E-state index contributed by atoms with van der Waals surface area (Å²) in [6.45, 7) is 0.839. The lowest BCUT2D eigenvalue weighted by Gasteiger charge is -2.25. The maximum atomic E-state index is 14.7. The Labute approximate surface area is 218 Å². The van der Waals surface area contributed by atoms with Gasteiger partial charge in [0.2, 0.25) is 5.91 Å². The number of sulfone groups is 1. The smallest absolute Gasteiger partial charge is 0.264 e. The van der Waals surface area contributed by atoms with Gasteiger partial charge in [0.1, 0.15) is 5.82 Å². The Hall–Kier alpha value is -3.78. The fourth-order valence-corrected chi connectivity index (χ4v) is 4.96. The molecule has 1 aromatic heterocycles. The summed E-state index contributed by atoms with van der Waals surface area (Å²) in [5.74, 6) is 8.92.